The van der Waals surface area contributed by atoms with Crippen molar-refractivity contribution in [3.05, 3.63) is 54.1 Å². The van der Waals surface area contributed by atoms with Gasteiger partial charge in [0.05, 0.1) is 11.7 Å². The fourth-order valence-electron chi connectivity index (χ4n) is 3.00. The van der Waals surface area contributed by atoms with Crippen molar-refractivity contribution in [2.75, 3.05) is 11.5 Å². The number of rotatable bonds is 2. The van der Waals surface area contributed by atoms with E-state index in [1.165, 1.54) is 13.8 Å². The van der Waals surface area contributed by atoms with E-state index in [0.717, 1.165) is 22.4 Å². The van der Waals surface area contributed by atoms with Gasteiger partial charge in [0.15, 0.2) is 0 Å². The summed E-state index contributed by atoms with van der Waals surface area (Å²) in [5.41, 5.74) is 3.95. The molecule has 112 valence electrons. The lowest BCUT2D eigenvalue weighted by Gasteiger charge is -2.37. The average molecular weight is 295 g/mol. The third-order valence-electron chi connectivity index (χ3n) is 3.87. The highest BCUT2D eigenvalue weighted by molar-refractivity contribution is 6.00. The maximum atomic E-state index is 12.2. The molecule has 1 aliphatic rings. The van der Waals surface area contributed by atoms with Gasteiger partial charge in [0.25, 0.3) is 0 Å². The summed E-state index contributed by atoms with van der Waals surface area (Å²) < 4.78 is 5.20. The molecule has 1 aliphatic heterocycles. The molecule has 4 heteroatoms. The van der Waals surface area contributed by atoms with Crippen LogP contribution in [-0.4, -0.2) is 18.5 Å². The highest BCUT2D eigenvalue weighted by atomic mass is 16.5. The molecule has 0 bridgehead atoms. The highest BCUT2D eigenvalue weighted by Gasteiger charge is 2.33. The summed E-state index contributed by atoms with van der Waals surface area (Å²) in [5.74, 6) is -0.418. The number of carbonyl (C=O) groups excluding carboxylic acids is 2. The number of benzene rings is 2. The van der Waals surface area contributed by atoms with Crippen LogP contribution in [0, 0.1) is 0 Å². The Hall–Kier alpha value is -2.62. The smallest absolute Gasteiger partial charge is 0.302 e. The normalized spacial score (nSPS) is 15.7. The van der Waals surface area contributed by atoms with Crippen molar-refractivity contribution in [3.8, 4) is 11.1 Å². The van der Waals surface area contributed by atoms with Crippen molar-refractivity contribution >= 4 is 17.6 Å². The lowest BCUT2D eigenvalue weighted by molar-refractivity contribution is -0.142. The van der Waals surface area contributed by atoms with Gasteiger partial charge in [0.1, 0.15) is 6.61 Å². The molecule has 22 heavy (non-hydrogen) atoms. The number of nitrogens with zero attached hydrogens (tertiary/aromatic N) is 1. The van der Waals surface area contributed by atoms with E-state index in [1.54, 1.807) is 4.90 Å². The van der Waals surface area contributed by atoms with Gasteiger partial charge in [-0.2, -0.15) is 0 Å². The molecule has 0 saturated heterocycles. The summed E-state index contributed by atoms with van der Waals surface area (Å²) in [6, 6.07) is 15.4. The molecule has 0 saturated carbocycles. The predicted octanol–water partition coefficient (Wildman–Crippen LogP) is 3.32. The number of esters is 1. The lowest BCUT2D eigenvalue weighted by Crippen LogP contribution is -2.38. The summed E-state index contributed by atoms with van der Waals surface area (Å²) in [7, 11) is 0. The molecule has 2 aromatic carbocycles. The van der Waals surface area contributed by atoms with E-state index in [-0.39, 0.29) is 24.5 Å². The third-order valence-corrected chi connectivity index (χ3v) is 3.87. The molecule has 1 amide bonds. The molecule has 0 fully saturated rings. The Morgan fingerprint density at radius 3 is 2.32 bits per heavy atom. The zero-order valence-corrected chi connectivity index (χ0v) is 12.6. The van der Waals surface area contributed by atoms with Crippen molar-refractivity contribution in [2.45, 2.75) is 19.9 Å². The number of carbonyl (C=O) groups is 2. The molecule has 3 rings (SSSR count). The highest BCUT2D eigenvalue weighted by Crippen LogP contribution is 2.44. The van der Waals surface area contributed by atoms with E-state index in [2.05, 4.69) is 0 Å². The average Bonchev–Trinajstić information content (AvgIpc) is 2.51. The second-order valence-corrected chi connectivity index (χ2v) is 5.31. The fourth-order valence-corrected chi connectivity index (χ4v) is 3.00. The number of ether oxygens (including phenoxy) is 1. The molecule has 1 heterocycles. The summed E-state index contributed by atoms with van der Waals surface area (Å²) >= 11 is 0. The van der Waals surface area contributed by atoms with Gasteiger partial charge in [-0.15, -0.1) is 0 Å². The number of hydrogen-bond acceptors (Lipinski definition) is 3. The van der Waals surface area contributed by atoms with Crippen LogP contribution in [0.4, 0.5) is 5.69 Å². The van der Waals surface area contributed by atoms with Crippen LogP contribution in [0.2, 0.25) is 0 Å². The molecular formula is C18H17NO3. The van der Waals surface area contributed by atoms with Gasteiger partial charge in [-0.05, 0) is 17.2 Å². The first-order chi connectivity index (χ1) is 10.6. The van der Waals surface area contributed by atoms with E-state index in [9.17, 15) is 9.59 Å². The Kier molecular flexibility index (Phi) is 3.67. The minimum absolute atomic E-state index is 0.0703. The number of para-hydroxylation sites is 1. The van der Waals surface area contributed by atoms with Crippen LogP contribution >= 0.6 is 0 Å². The minimum Gasteiger partial charge on any atom is -0.463 e. The van der Waals surface area contributed by atoms with Crippen molar-refractivity contribution in [3.63, 3.8) is 0 Å². The number of fused-ring (bicyclic) bond motifs is 3. The first kappa shape index (κ1) is 14.3. The van der Waals surface area contributed by atoms with Crippen LogP contribution in [-0.2, 0) is 14.3 Å². The molecular weight excluding hydrogens is 278 g/mol. The first-order valence-electron chi connectivity index (χ1n) is 7.21. The molecule has 4 nitrogen and oxygen atoms in total. The monoisotopic (exact) mass is 295 g/mol. The maximum Gasteiger partial charge on any atom is 0.302 e. The second kappa shape index (κ2) is 5.64. The second-order valence-electron chi connectivity index (χ2n) is 5.31. The summed E-state index contributed by atoms with van der Waals surface area (Å²) in [4.78, 5) is 25.1. The number of amides is 1. The van der Waals surface area contributed by atoms with Crippen molar-refractivity contribution in [2.24, 2.45) is 0 Å². The SMILES string of the molecule is CC(=O)OCC1c2ccccc2-c2ccccc2N1C(C)=O. The van der Waals surface area contributed by atoms with Gasteiger partial charge in [-0.1, -0.05) is 42.5 Å². The fraction of sp³-hybridized carbons (Fsp3) is 0.222. The van der Waals surface area contributed by atoms with E-state index in [0.29, 0.717) is 0 Å². The Bertz CT molecular complexity index is 739. The molecule has 0 aliphatic carbocycles. The summed E-state index contributed by atoms with van der Waals surface area (Å²) in [5, 5.41) is 0. The Labute approximate surface area is 129 Å². The van der Waals surface area contributed by atoms with Crippen LogP contribution in [0.5, 0.6) is 0 Å². The van der Waals surface area contributed by atoms with Gasteiger partial charge in [-0.3, -0.25) is 9.59 Å². The van der Waals surface area contributed by atoms with Crippen LogP contribution in [0.15, 0.2) is 48.5 Å². The Morgan fingerprint density at radius 1 is 1.00 bits per heavy atom. The maximum absolute atomic E-state index is 12.2. The van der Waals surface area contributed by atoms with E-state index >= 15 is 0 Å². The van der Waals surface area contributed by atoms with E-state index in [4.69, 9.17) is 4.74 Å². The zero-order valence-electron chi connectivity index (χ0n) is 12.6. The zero-order chi connectivity index (χ0) is 15.7. The van der Waals surface area contributed by atoms with E-state index in [1.807, 2.05) is 48.5 Å². The molecule has 0 spiro atoms. The van der Waals surface area contributed by atoms with Gasteiger partial charge in [0.2, 0.25) is 5.91 Å². The topological polar surface area (TPSA) is 46.6 Å². The number of hydrogen-bond donors (Lipinski definition) is 0. The summed E-state index contributed by atoms with van der Waals surface area (Å²) in [6.07, 6.45) is 0. The molecule has 2 aromatic rings. The first-order valence-corrected chi connectivity index (χ1v) is 7.21. The Balaban J connectivity index is 2.16. The van der Waals surface area contributed by atoms with Crippen molar-refractivity contribution < 1.29 is 14.3 Å². The van der Waals surface area contributed by atoms with Crippen LogP contribution in [0.1, 0.15) is 25.5 Å². The van der Waals surface area contributed by atoms with Crippen molar-refractivity contribution in [1.82, 2.24) is 0 Å². The standard InChI is InChI=1S/C18H17NO3/c1-12(20)19-17-10-6-5-8-15(17)14-7-3-4-9-16(14)18(19)11-22-13(2)21/h3-10,18H,11H2,1-2H3. The largest absolute Gasteiger partial charge is 0.463 e. The quantitative estimate of drug-likeness (QED) is 0.798. The van der Waals surface area contributed by atoms with Crippen LogP contribution < -0.4 is 4.90 Å². The van der Waals surface area contributed by atoms with Gasteiger partial charge in [0, 0.05) is 19.4 Å². The molecule has 1 atom stereocenters. The summed E-state index contributed by atoms with van der Waals surface area (Å²) in [6.45, 7) is 3.06. The molecule has 0 N–H and O–H groups in total. The van der Waals surface area contributed by atoms with Crippen molar-refractivity contribution in [1.29, 1.82) is 0 Å². The predicted molar refractivity (Wildman–Crippen MR) is 84.4 cm³/mol. The number of anilines is 1. The third kappa shape index (κ3) is 2.37. The van der Waals surface area contributed by atoms with Gasteiger partial charge in [-0.25, -0.2) is 0 Å². The lowest BCUT2D eigenvalue weighted by atomic mass is 9.88. The minimum atomic E-state index is -0.347. The molecule has 1 unspecified atom stereocenters. The van der Waals surface area contributed by atoms with Gasteiger partial charge >= 0.3 is 5.97 Å². The Morgan fingerprint density at radius 2 is 1.64 bits per heavy atom. The molecule has 0 aromatic heterocycles. The molecule has 0 radical (unpaired) electrons. The van der Waals surface area contributed by atoms with Crippen LogP contribution in [0.25, 0.3) is 11.1 Å². The van der Waals surface area contributed by atoms with Crippen LogP contribution in [0.3, 0.4) is 0 Å². The van der Waals surface area contributed by atoms with E-state index < -0.39 is 0 Å². The van der Waals surface area contributed by atoms with Gasteiger partial charge < -0.3 is 9.64 Å².